The lowest BCUT2D eigenvalue weighted by Crippen LogP contribution is -2.24. The standard InChI is InChI=1S/C28H25N5O2S/c1-20-26(27(34)33(31(20)2)23-12-8-5-9-13-23)32-25(22-10-6-4-7-11-22)19-36-28(32)30-29-18-21-14-16-24(35-3)17-15-21/h4-19H,1-3H3/b29-18-,30-28-. The molecule has 0 saturated heterocycles. The minimum atomic E-state index is -0.127. The van der Waals surface area contributed by atoms with E-state index in [9.17, 15) is 4.79 Å². The highest BCUT2D eigenvalue weighted by molar-refractivity contribution is 7.07. The summed E-state index contributed by atoms with van der Waals surface area (Å²) in [5, 5.41) is 10.9. The molecule has 0 aliphatic carbocycles. The Hall–Kier alpha value is -4.43. The van der Waals surface area contributed by atoms with E-state index in [0.29, 0.717) is 10.5 Å². The number of nitrogens with zero attached hydrogens (tertiary/aromatic N) is 5. The fourth-order valence-electron chi connectivity index (χ4n) is 4.05. The van der Waals surface area contributed by atoms with Crippen LogP contribution in [-0.4, -0.2) is 27.3 Å². The molecule has 0 spiro atoms. The van der Waals surface area contributed by atoms with Gasteiger partial charge in [0.2, 0.25) is 4.80 Å². The van der Waals surface area contributed by atoms with Crippen LogP contribution in [0.4, 0.5) is 0 Å². The largest absolute Gasteiger partial charge is 0.497 e. The van der Waals surface area contributed by atoms with E-state index in [-0.39, 0.29) is 5.56 Å². The second kappa shape index (κ2) is 10.1. The van der Waals surface area contributed by atoms with Crippen molar-refractivity contribution in [1.29, 1.82) is 0 Å². The van der Waals surface area contributed by atoms with E-state index < -0.39 is 0 Å². The molecule has 8 heteroatoms. The smallest absolute Gasteiger partial charge is 0.296 e. The molecular formula is C28H25N5O2S. The number of methoxy groups -OCH3 is 1. The van der Waals surface area contributed by atoms with E-state index >= 15 is 0 Å². The second-order valence-corrected chi connectivity index (χ2v) is 8.97. The van der Waals surface area contributed by atoms with Crippen molar-refractivity contribution in [2.45, 2.75) is 6.92 Å². The Bertz CT molecular complexity index is 1640. The molecule has 0 amide bonds. The summed E-state index contributed by atoms with van der Waals surface area (Å²) in [6.45, 7) is 1.94. The average Bonchev–Trinajstić information content (AvgIpc) is 3.42. The fourth-order valence-corrected chi connectivity index (χ4v) is 4.90. The highest BCUT2D eigenvalue weighted by Gasteiger charge is 2.21. The Balaban J connectivity index is 1.69. The normalized spacial score (nSPS) is 11.9. The summed E-state index contributed by atoms with van der Waals surface area (Å²) in [6, 6.07) is 27.2. The molecule has 0 saturated carbocycles. The van der Waals surface area contributed by atoms with Crippen LogP contribution in [0.25, 0.3) is 22.6 Å². The fraction of sp³-hybridized carbons (Fsp3) is 0.107. The molecule has 0 N–H and O–H groups in total. The number of hydrogen-bond donors (Lipinski definition) is 0. The van der Waals surface area contributed by atoms with Crippen molar-refractivity contribution in [3.05, 3.63) is 117 Å². The maximum atomic E-state index is 13.8. The Labute approximate surface area is 212 Å². The number of ether oxygens (including phenoxy) is 1. The van der Waals surface area contributed by atoms with E-state index in [4.69, 9.17) is 4.74 Å². The first-order chi connectivity index (χ1) is 17.6. The number of hydrogen-bond acceptors (Lipinski definition) is 5. The molecule has 36 heavy (non-hydrogen) atoms. The molecule has 3 aromatic carbocycles. The number of thiazole rings is 1. The van der Waals surface area contributed by atoms with Crippen LogP contribution in [0.2, 0.25) is 0 Å². The molecule has 180 valence electrons. The molecule has 0 unspecified atom stereocenters. The van der Waals surface area contributed by atoms with Gasteiger partial charge in [0.15, 0.2) is 0 Å². The van der Waals surface area contributed by atoms with Gasteiger partial charge in [0.05, 0.1) is 30.4 Å². The van der Waals surface area contributed by atoms with Crippen molar-refractivity contribution >= 4 is 17.6 Å². The van der Waals surface area contributed by atoms with Gasteiger partial charge in [0.1, 0.15) is 11.4 Å². The van der Waals surface area contributed by atoms with Crippen molar-refractivity contribution < 1.29 is 4.74 Å². The minimum absolute atomic E-state index is 0.127. The summed E-state index contributed by atoms with van der Waals surface area (Å²) < 4.78 is 10.7. The summed E-state index contributed by atoms with van der Waals surface area (Å²) in [5.41, 5.74) is 4.80. The second-order valence-electron chi connectivity index (χ2n) is 8.13. The van der Waals surface area contributed by atoms with Crippen LogP contribution in [0.5, 0.6) is 5.75 Å². The SMILES string of the molecule is COc1ccc(/C=N\N=c2/scc(-c3ccccc3)n2-c2c(C)n(C)n(-c3ccccc3)c2=O)cc1. The third-order valence-corrected chi connectivity index (χ3v) is 6.81. The van der Waals surface area contributed by atoms with Gasteiger partial charge < -0.3 is 4.74 Å². The zero-order valence-electron chi connectivity index (χ0n) is 20.2. The lowest BCUT2D eigenvalue weighted by atomic mass is 10.1. The monoisotopic (exact) mass is 495 g/mol. The highest BCUT2D eigenvalue weighted by atomic mass is 32.1. The minimum Gasteiger partial charge on any atom is -0.497 e. The molecule has 0 radical (unpaired) electrons. The van der Waals surface area contributed by atoms with Crippen molar-refractivity contribution in [2.75, 3.05) is 7.11 Å². The molecule has 5 aromatic rings. The Morgan fingerprint density at radius 3 is 2.25 bits per heavy atom. The summed E-state index contributed by atoms with van der Waals surface area (Å²) in [4.78, 5) is 14.4. The first-order valence-electron chi connectivity index (χ1n) is 11.4. The molecule has 0 aliphatic rings. The van der Waals surface area contributed by atoms with E-state index in [0.717, 1.165) is 34.0 Å². The molecular weight excluding hydrogens is 470 g/mol. The van der Waals surface area contributed by atoms with Gasteiger partial charge in [0, 0.05) is 12.4 Å². The first-order valence-corrected chi connectivity index (χ1v) is 12.3. The zero-order chi connectivity index (χ0) is 25.1. The highest BCUT2D eigenvalue weighted by Crippen LogP contribution is 2.24. The summed E-state index contributed by atoms with van der Waals surface area (Å²) in [5.74, 6) is 0.780. The van der Waals surface area contributed by atoms with Crippen LogP contribution < -0.4 is 15.1 Å². The Kier molecular flexibility index (Phi) is 6.51. The van der Waals surface area contributed by atoms with Crippen LogP contribution in [0.3, 0.4) is 0 Å². The maximum absolute atomic E-state index is 13.8. The quantitative estimate of drug-likeness (QED) is 0.247. The summed E-state index contributed by atoms with van der Waals surface area (Å²) >= 11 is 1.44. The molecule has 0 bridgehead atoms. The van der Waals surface area contributed by atoms with E-state index in [2.05, 4.69) is 10.2 Å². The molecule has 5 rings (SSSR count). The number of para-hydroxylation sites is 1. The van der Waals surface area contributed by atoms with Gasteiger partial charge in [-0.3, -0.25) is 14.0 Å². The van der Waals surface area contributed by atoms with E-state index in [1.165, 1.54) is 11.3 Å². The Morgan fingerprint density at radius 1 is 0.917 bits per heavy atom. The van der Waals surface area contributed by atoms with Gasteiger partial charge >= 0.3 is 0 Å². The molecule has 0 fully saturated rings. The van der Waals surface area contributed by atoms with Gasteiger partial charge in [-0.05, 0) is 54.4 Å². The molecule has 0 atom stereocenters. The predicted molar refractivity (Wildman–Crippen MR) is 145 cm³/mol. The topological polar surface area (TPSA) is 65.8 Å². The van der Waals surface area contributed by atoms with Crippen molar-refractivity contribution in [3.63, 3.8) is 0 Å². The van der Waals surface area contributed by atoms with Gasteiger partial charge in [0.25, 0.3) is 5.56 Å². The lowest BCUT2D eigenvalue weighted by Gasteiger charge is -2.08. The first kappa shape index (κ1) is 23.3. The van der Waals surface area contributed by atoms with Gasteiger partial charge in [-0.25, -0.2) is 4.68 Å². The molecule has 7 nitrogen and oxygen atoms in total. The molecule has 2 aromatic heterocycles. The van der Waals surface area contributed by atoms with E-state index in [1.807, 2.05) is 114 Å². The van der Waals surface area contributed by atoms with Gasteiger partial charge in [-0.15, -0.1) is 16.4 Å². The number of aromatic nitrogens is 3. The zero-order valence-corrected chi connectivity index (χ0v) is 21.0. The molecule has 0 aliphatic heterocycles. The van der Waals surface area contributed by atoms with E-state index in [1.54, 1.807) is 18.0 Å². The lowest BCUT2D eigenvalue weighted by molar-refractivity contribution is 0.415. The maximum Gasteiger partial charge on any atom is 0.296 e. The number of benzene rings is 3. The third kappa shape index (κ3) is 4.34. The van der Waals surface area contributed by atoms with Crippen LogP contribution >= 0.6 is 11.3 Å². The van der Waals surface area contributed by atoms with Crippen molar-refractivity contribution in [2.24, 2.45) is 17.3 Å². The predicted octanol–water partition coefficient (Wildman–Crippen LogP) is 4.95. The Morgan fingerprint density at radius 2 is 1.58 bits per heavy atom. The van der Waals surface area contributed by atoms with Crippen LogP contribution in [0.1, 0.15) is 11.3 Å². The van der Waals surface area contributed by atoms with Crippen LogP contribution in [0, 0.1) is 6.92 Å². The van der Waals surface area contributed by atoms with Crippen molar-refractivity contribution in [1.82, 2.24) is 13.9 Å². The van der Waals surface area contributed by atoms with Gasteiger partial charge in [-0.1, -0.05) is 48.5 Å². The summed E-state index contributed by atoms with van der Waals surface area (Å²) in [7, 11) is 3.52. The number of rotatable bonds is 6. The van der Waals surface area contributed by atoms with Crippen LogP contribution in [-0.2, 0) is 7.05 Å². The average molecular weight is 496 g/mol. The van der Waals surface area contributed by atoms with Gasteiger partial charge in [-0.2, -0.15) is 5.10 Å². The van der Waals surface area contributed by atoms with Crippen molar-refractivity contribution in [3.8, 4) is 28.4 Å². The van der Waals surface area contributed by atoms with Crippen LogP contribution in [0.15, 0.2) is 105 Å². The molecule has 2 heterocycles. The third-order valence-electron chi connectivity index (χ3n) is 5.99. The summed E-state index contributed by atoms with van der Waals surface area (Å²) in [6.07, 6.45) is 1.69.